The summed E-state index contributed by atoms with van der Waals surface area (Å²) in [4.78, 5) is 37.5. The zero-order chi connectivity index (χ0) is 16.8. The number of para-hydroxylation sites is 1. The highest BCUT2D eigenvalue weighted by atomic mass is 16.2. The van der Waals surface area contributed by atoms with Crippen LogP contribution in [0.3, 0.4) is 0 Å². The Labute approximate surface area is 135 Å². The van der Waals surface area contributed by atoms with E-state index < -0.39 is 6.03 Å². The van der Waals surface area contributed by atoms with E-state index in [1.807, 2.05) is 13.0 Å². The highest BCUT2D eigenvalue weighted by Crippen LogP contribution is 2.23. The highest BCUT2D eigenvalue weighted by molar-refractivity contribution is 6.04. The van der Waals surface area contributed by atoms with Gasteiger partial charge < -0.3 is 20.9 Å². The molecule has 7 nitrogen and oxygen atoms in total. The predicted octanol–water partition coefficient (Wildman–Crippen LogP) is 1.10. The van der Waals surface area contributed by atoms with Gasteiger partial charge in [0, 0.05) is 20.1 Å². The Bertz CT molecular complexity index is 609. The van der Waals surface area contributed by atoms with Crippen molar-refractivity contribution in [3.05, 3.63) is 29.3 Å². The number of benzene rings is 1. The minimum atomic E-state index is -0.515. The summed E-state index contributed by atoms with van der Waals surface area (Å²) >= 11 is 0. The van der Waals surface area contributed by atoms with Crippen LogP contribution in [0.25, 0.3) is 0 Å². The van der Waals surface area contributed by atoms with E-state index in [1.54, 1.807) is 17.0 Å². The molecule has 1 heterocycles. The monoisotopic (exact) mass is 318 g/mol. The molecule has 0 bridgehead atoms. The normalized spacial score (nSPS) is 13.6. The van der Waals surface area contributed by atoms with Gasteiger partial charge in [-0.1, -0.05) is 12.1 Å². The van der Waals surface area contributed by atoms with Crippen molar-refractivity contribution < 1.29 is 14.4 Å². The van der Waals surface area contributed by atoms with Crippen LogP contribution in [-0.4, -0.2) is 49.4 Å². The number of carbonyl (C=O) groups is 3. The molecule has 1 aliphatic heterocycles. The minimum Gasteiger partial charge on any atom is -0.358 e. The molecule has 23 heavy (non-hydrogen) atoms. The van der Waals surface area contributed by atoms with Gasteiger partial charge in [-0.3, -0.25) is 9.59 Å². The SMILES string of the molecule is CNC(=O)CNC(=O)Nc1c(C)cccc1C(=O)N1CCCC1. The molecule has 124 valence electrons. The Kier molecular flexibility index (Phi) is 5.56. The van der Waals surface area contributed by atoms with Crippen molar-refractivity contribution in [2.45, 2.75) is 19.8 Å². The van der Waals surface area contributed by atoms with Crippen molar-refractivity contribution in [2.75, 3.05) is 32.0 Å². The molecule has 0 atom stereocenters. The number of carbonyl (C=O) groups excluding carboxylic acids is 3. The van der Waals surface area contributed by atoms with Gasteiger partial charge in [0.25, 0.3) is 5.91 Å². The van der Waals surface area contributed by atoms with Gasteiger partial charge in [-0.2, -0.15) is 0 Å². The van der Waals surface area contributed by atoms with E-state index in [0.717, 1.165) is 31.5 Å². The van der Waals surface area contributed by atoms with Crippen molar-refractivity contribution in [2.24, 2.45) is 0 Å². The second-order valence-electron chi connectivity index (χ2n) is 5.48. The molecule has 0 aromatic heterocycles. The lowest BCUT2D eigenvalue weighted by Gasteiger charge is -2.19. The third-order valence-corrected chi connectivity index (χ3v) is 3.82. The highest BCUT2D eigenvalue weighted by Gasteiger charge is 2.23. The fourth-order valence-electron chi connectivity index (χ4n) is 2.51. The maximum absolute atomic E-state index is 12.6. The van der Waals surface area contributed by atoms with Crippen LogP contribution in [0.4, 0.5) is 10.5 Å². The fraction of sp³-hybridized carbons (Fsp3) is 0.438. The number of amides is 4. The van der Waals surface area contributed by atoms with E-state index in [9.17, 15) is 14.4 Å². The van der Waals surface area contributed by atoms with Crippen molar-refractivity contribution >= 4 is 23.5 Å². The maximum Gasteiger partial charge on any atom is 0.319 e. The zero-order valence-corrected chi connectivity index (χ0v) is 13.4. The average molecular weight is 318 g/mol. The molecule has 0 unspecified atom stereocenters. The van der Waals surface area contributed by atoms with Crippen molar-refractivity contribution in [1.29, 1.82) is 0 Å². The van der Waals surface area contributed by atoms with Crippen LogP contribution in [0.15, 0.2) is 18.2 Å². The summed E-state index contributed by atoms with van der Waals surface area (Å²) < 4.78 is 0. The Hall–Kier alpha value is -2.57. The minimum absolute atomic E-state index is 0.0761. The van der Waals surface area contributed by atoms with Gasteiger partial charge >= 0.3 is 6.03 Å². The molecule has 0 spiro atoms. The van der Waals surface area contributed by atoms with Crippen LogP contribution in [0.1, 0.15) is 28.8 Å². The fourth-order valence-corrected chi connectivity index (χ4v) is 2.51. The number of likely N-dealkylation sites (N-methyl/N-ethyl adjacent to an activating group) is 1. The quantitative estimate of drug-likeness (QED) is 0.776. The van der Waals surface area contributed by atoms with Gasteiger partial charge in [-0.05, 0) is 31.4 Å². The Morgan fingerprint density at radius 2 is 1.87 bits per heavy atom. The number of hydrogen-bond donors (Lipinski definition) is 3. The van der Waals surface area contributed by atoms with E-state index in [2.05, 4.69) is 16.0 Å². The van der Waals surface area contributed by atoms with E-state index in [1.165, 1.54) is 7.05 Å². The molecule has 1 saturated heterocycles. The number of likely N-dealkylation sites (tertiary alicyclic amines) is 1. The second-order valence-corrected chi connectivity index (χ2v) is 5.48. The summed E-state index contributed by atoms with van der Waals surface area (Å²) in [5.74, 6) is -0.369. The van der Waals surface area contributed by atoms with Crippen LogP contribution in [0, 0.1) is 6.92 Å². The van der Waals surface area contributed by atoms with Gasteiger partial charge in [0.15, 0.2) is 0 Å². The number of nitrogens with one attached hydrogen (secondary N) is 3. The smallest absolute Gasteiger partial charge is 0.319 e. The average Bonchev–Trinajstić information content (AvgIpc) is 3.08. The molecule has 2 rings (SSSR count). The summed E-state index contributed by atoms with van der Waals surface area (Å²) in [6.45, 7) is 3.20. The van der Waals surface area contributed by atoms with Gasteiger partial charge in [0.2, 0.25) is 5.91 Å². The van der Waals surface area contributed by atoms with Crippen molar-refractivity contribution in [1.82, 2.24) is 15.5 Å². The largest absolute Gasteiger partial charge is 0.358 e. The van der Waals surface area contributed by atoms with E-state index in [4.69, 9.17) is 0 Å². The summed E-state index contributed by atoms with van der Waals surface area (Å²) in [6, 6.07) is 4.82. The molecule has 0 saturated carbocycles. The maximum atomic E-state index is 12.6. The van der Waals surface area contributed by atoms with Crippen molar-refractivity contribution in [3.63, 3.8) is 0 Å². The molecule has 0 radical (unpaired) electrons. The Morgan fingerprint density at radius 3 is 2.52 bits per heavy atom. The molecular formula is C16H22N4O3. The first kappa shape index (κ1) is 16.8. The predicted molar refractivity (Wildman–Crippen MR) is 87.4 cm³/mol. The summed E-state index contributed by atoms with van der Waals surface area (Å²) in [5, 5.41) is 7.56. The molecule has 4 amide bonds. The number of aryl methyl sites for hydroxylation is 1. The number of anilines is 1. The van der Waals surface area contributed by atoms with Crippen LogP contribution >= 0.6 is 0 Å². The van der Waals surface area contributed by atoms with E-state index in [0.29, 0.717) is 11.3 Å². The lowest BCUT2D eigenvalue weighted by atomic mass is 10.1. The van der Waals surface area contributed by atoms with Crippen LogP contribution in [0.2, 0.25) is 0 Å². The first-order valence-electron chi connectivity index (χ1n) is 7.67. The summed E-state index contributed by atoms with van der Waals surface area (Å²) in [7, 11) is 1.50. The molecule has 1 aromatic rings. The van der Waals surface area contributed by atoms with Gasteiger partial charge in [-0.15, -0.1) is 0 Å². The van der Waals surface area contributed by atoms with E-state index in [-0.39, 0.29) is 18.4 Å². The van der Waals surface area contributed by atoms with Crippen LogP contribution in [-0.2, 0) is 4.79 Å². The van der Waals surface area contributed by atoms with Gasteiger partial charge in [0.1, 0.15) is 0 Å². The lowest BCUT2D eigenvalue weighted by molar-refractivity contribution is -0.119. The first-order chi connectivity index (χ1) is 11.0. The standard InChI is InChI=1S/C16H22N4O3/c1-11-6-5-7-12(15(22)20-8-3-4-9-20)14(11)19-16(23)18-10-13(21)17-2/h5-7H,3-4,8-10H2,1-2H3,(H,17,21)(H2,18,19,23). The molecule has 1 aromatic carbocycles. The molecule has 3 N–H and O–H groups in total. The molecular weight excluding hydrogens is 296 g/mol. The lowest BCUT2D eigenvalue weighted by Crippen LogP contribution is -2.38. The van der Waals surface area contributed by atoms with Crippen molar-refractivity contribution in [3.8, 4) is 0 Å². The number of urea groups is 1. The second kappa shape index (κ2) is 7.62. The Morgan fingerprint density at radius 1 is 1.17 bits per heavy atom. The third kappa shape index (κ3) is 4.21. The summed E-state index contributed by atoms with van der Waals surface area (Å²) in [5.41, 5.74) is 1.76. The van der Waals surface area contributed by atoms with Gasteiger partial charge in [0.05, 0.1) is 17.8 Å². The molecule has 1 fully saturated rings. The number of rotatable bonds is 4. The number of hydrogen-bond acceptors (Lipinski definition) is 3. The van der Waals surface area contributed by atoms with Crippen LogP contribution in [0.5, 0.6) is 0 Å². The molecule has 7 heteroatoms. The van der Waals surface area contributed by atoms with E-state index >= 15 is 0 Å². The number of nitrogens with zero attached hydrogens (tertiary/aromatic N) is 1. The third-order valence-electron chi connectivity index (χ3n) is 3.82. The molecule has 0 aliphatic carbocycles. The Balaban J connectivity index is 2.12. The molecule has 1 aliphatic rings. The van der Waals surface area contributed by atoms with Crippen LogP contribution < -0.4 is 16.0 Å². The first-order valence-corrected chi connectivity index (χ1v) is 7.67. The topological polar surface area (TPSA) is 90.5 Å². The van der Waals surface area contributed by atoms with Gasteiger partial charge in [-0.25, -0.2) is 4.79 Å². The zero-order valence-electron chi connectivity index (χ0n) is 13.4. The summed E-state index contributed by atoms with van der Waals surface area (Å²) in [6.07, 6.45) is 2.01.